The zero-order valence-corrected chi connectivity index (χ0v) is 16.7. The molecule has 1 aliphatic heterocycles. The first-order valence-electron chi connectivity index (χ1n) is 9.14. The van der Waals surface area contributed by atoms with Crippen LogP contribution in [0.3, 0.4) is 0 Å². The Morgan fingerprint density at radius 2 is 1.83 bits per heavy atom. The highest BCUT2D eigenvalue weighted by molar-refractivity contribution is 7.91. The summed E-state index contributed by atoms with van der Waals surface area (Å²) in [6.45, 7) is 4.78. The number of carbonyl (C=O) groups is 2. The summed E-state index contributed by atoms with van der Waals surface area (Å²) < 4.78 is 27.8. The van der Waals surface area contributed by atoms with Crippen LogP contribution < -0.4 is 5.32 Å². The SMILES string of the molecule is CC(C)Cn1ccnc1NC(=O)c1ccc2c(c1)S(=O)(=O)c1ccccc1C2=O. The highest BCUT2D eigenvalue weighted by Gasteiger charge is 2.35. The number of benzene rings is 2. The first kappa shape index (κ1) is 19.1. The highest BCUT2D eigenvalue weighted by Crippen LogP contribution is 2.34. The van der Waals surface area contributed by atoms with Gasteiger partial charge in [-0.1, -0.05) is 26.0 Å². The van der Waals surface area contributed by atoms with Crippen LogP contribution in [0.5, 0.6) is 0 Å². The van der Waals surface area contributed by atoms with Crippen molar-refractivity contribution in [1.82, 2.24) is 9.55 Å². The Morgan fingerprint density at radius 1 is 1.10 bits per heavy atom. The largest absolute Gasteiger partial charge is 0.317 e. The van der Waals surface area contributed by atoms with Gasteiger partial charge in [0.25, 0.3) is 5.91 Å². The average molecular weight is 409 g/mol. The number of nitrogens with zero attached hydrogens (tertiary/aromatic N) is 2. The number of nitrogens with one attached hydrogen (secondary N) is 1. The lowest BCUT2D eigenvalue weighted by atomic mass is 10.0. The molecule has 0 aliphatic carbocycles. The van der Waals surface area contributed by atoms with Crippen molar-refractivity contribution in [2.24, 2.45) is 5.92 Å². The molecular weight excluding hydrogens is 390 g/mol. The number of anilines is 1. The molecule has 0 atom stereocenters. The number of imidazole rings is 1. The molecule has 1 aliphatic rings. The Morgan fingerprint density at radius 3 is 2.59 bits per heavy atom. The van der Waals surface area contributed by atoms with Gasteiger partial charge >= 0.3 is 0 Å². The van der Waals surface area contributed by atoms with E-state index in [1.165, 1.54) is 30.3 Å². The van der Waals surface area contributed by atoms with E-state index in [1.54, 1.807) is 24.5 Å². The summed E-state index contributed by atoms with van der Waals surface area (Å²) in [6, 6.07) is 10.2. The molecule has 0 saturated carbocycles. The second kappa shape index (κ2) is 6.97. The van der Waals surface area contributed by atoms with E-state index in [1.807, 2.05) is 4.57 Å². The van der Waals surface area contributed by atoms with E-state index >= 15 is 0 Å². The number of hydrogen-bond donors (Lipinski definition) is 1. The maximum Gasteiger partial charge on any atom is 0.258 e. The predicted molar refractivity (Wildman–Crippen MR) is 107 cm³/mol. The molecular formula is C21H19N3O4S. The predicted octanol–water partition coefficient (Wildman–Crippen LogP) is 3.17. The summed E-state index contributed by atoms with van der Waals surface area (Å²) in [5, 5.41) is 2.71. The third-order valence-corrected chi connectivity index (χ3v) is 6.55. The summed E-state index contributed by atoms with van der Waals surface area (Å²) >= 11 is 0. The van der Waals surface area contributed by atoms with Crippen molar-refractivity contribution >= 4 is 27.5 Å². The molecule has 0 fully saturated rings. The minimum Gasteiger partial charge on any atom is -0.317 e. The first-order chi connectivity index (χ1) is 13.8. The van der Waals surface area contributed by atoms with Crippen molar-refractivity contribution in [1.29, 1.82) is 0 Å². The smallest absolute Gasteiger partial charge is 0.258 e. The van der Waals surface area contributed by atoms with E-state index in [4.69, 9.17) is 0 Å². The van der Waals surface area contributed by atoms with Crippen molar-refractivity contribution in [3.8, 4) is 0 Å². The van der Waals surface area contributed by atoms with Crippen LogP contribution >= 0.6 is 0 Å². The number of amides is 1. The fraction of sp³-hybridized carbons (Fsp3) is 0.190. The molecule has 3 aromatic rings. The quantitative estimate of drug-likeness (QED) is 0.558. The van der Waals surface area contributed by atoms with Crippen LogP contribution in [0.2, 0.25) is 0 Å². The molecule has 0 spiro atoms. The Bertz CT molecular complexity index is 1240. The van der Waals surface area contributed by atoms with Crippen molar-refractivity contribution in [2.45, 2.75) is 30.2 Å². The third-order valence-electron chi connectivity index (χ3n) is 4.70. The van der Waals surface area contributed by atoms with Crippen LogP contribution in [0, 0.1) is 5.92 Å². The molecule has 0 saturated heterocycles. The summed E-state index contributed by atoms with van der Waals surface area (Å²) in [6.07, 6.45) is 3.35. The summed E-state index contributed by atoms with van der Waals surface area (Å²) in [5.41, 5.74) is 0.355. The summed E-state index contributed by atoms with van der Waals surface area (Å²) in [5.74, 6) is -0.124. The minimum atomic E-state index is -3.90. The van der Waals surface area contributed by atoms with E-state index in [9.17, 15) is 18.0 Å². The fourth-order valence-corrected chi connectivity index (χ4v) is 5.05. The standard InChI is InChI=1S/C21H19N3O4S/c1-13(2)12-24-10-9-22-21(24)23-20(26)14-7-8-16-18(11-14)29(27,28)17-6-4-3-5-15(17)19(16)25/h3-11,13H,12H2,1-2H3,(H,22,23,26). The van der Waals surface area contributed by atoms with Gasteiger partial charge in [0.2, 0.25) is 15.8 Å². The van der Waals surface area contributed by atoms with Gasteiger partial charge in [0.1, 0.15) is 0 Å². The number of hydrogen-bond acceptors (Lipinski definition) is 5. The number of rotatable bonds is 4. The van der Waals surface area contributed by atoms with Crippen LogP contribution in [0.1, 0.15) is 40.1 Å². The Kier molecular flexibility index (Phi) is 4.58. The maximum atomic E-state index is 13.0. The topological polar surface area (TPSA) is 98.1 Å². The number of aromatic nitrogens is 2. The van der Waals surface area contributed by atoms with E-state index < -0.39 is 15.7 Å². The molecule has 1 N–H and O–H groups in total. The Labute approximate surface area is 168 Å². The summed E-state index contributed by atoms with van der Waals surface area (Å²) in [4.78, 5) is 29.4. The van der Waals surface area contributed by atoms with E-state index in [0.29, 0.717) is 18.4 Å². The van der Waals surface area contributed by atoms with Gasteiger partial charge in [-0.2, -0.15) is 0 Å². The molecule has 2 aromatic carbocycles. The molecule has 8 heteroatoms. The lowest BCUT2D eigenvalue weighted by molar-refractivity contribution is 0.101. The van der Waals surface area contributed by atoms with Crippen LogP contribution in [-0.4, -0.2) is 29.7 Å². The number of sulfone groups is 1. The molecule has 1 amide bonds. The van der Waals surface area contributed by atoms with Crippen LogP contribution in [0.4, 0.5) is 5.95 Å². The second-order valence-corrected chi connectivity index (χ2v) is 9.18. The van der Waals surface area contributed by atoms with E-state index in [0.717, 1.165) is 0 Å². The first-order valence-corrected chi connectivity index (χ1v) is 10.6. The molecule has 0 radical (unpaired) electrons. The number of ketones is 1. The van der Waals surface area contributed by atoms with E-state index in [2.05, 4.69) is 24.1 Å². The van der Waals surface area contributed by atoms with Gasteiger partial charge in [0, 0.05) is 35.6 Å². The molecule has 2 heterocycles. The van der Waals surface area contributed by atoms with Gasteiger partial charge in [-0.05, 0) is 36.2 Å². The molecule has 29 heavy (non-hydrogen) atoms. The molecule has 0 unspecified atom stereocenters. The molecule has 0 bridgehead atoms. The fourth-order valence-electron chi connectivity index (χ4n) is 3.37. The third kappa shape index (κ3) is 3.25. The average Bonchev–Trinajstić information content (AvgIpc) is 3.12. The van der Waals surface area contributed by atoms with Gasteiger partial charge < -0.3 is 4.57 Å². The Balaban J connectivity index is 1.70. The molecule has 148 valence electrons. The highest BCUT2D eigenvalue weighted by atomic mass is 32.2. The normalized spacial score (nSPS) is 14.4. The van der Waals surface area contributed by atoms with Crippen molar-refractivity contribution in [3.05, 3.63) is 71.5 Å². The van der Waals surface area contributed by atoms with Gasteiger partial charge in [-0.15, -0.1) is 0 Å². The van der Waals surface area contributed by atoms with Gasteiger partial charge in [-0.25, -0.2) is 13.4 Å². The molecule has 7 nitrogen and oxygen atoms in total. The van der Waals surface area contributed by atoms with Crippen LogP contribution in [0.25, 0.3) is 0 Å². The Hall–Kier alpha value is -3.26. The lowest BCUT2D eigenvalue weighted by Crippen LogP contribution is -2.22. The van der Waals surface area contributed by atoms with Crippen molar-refractivity contribution in [3.63, 3.8) is 0 Å². The molecule has 1 aromatic heterocycles. The molecule has 4 rings (SSSR count). The summed E-state index contributed by atoms with van der Waals surface area (Å²) in [7, 11) is -3.90. The van der Waals surface area contributed by atoms with E-state index in [-0.39, 0.29) is 32.3 Å². The van der Waals surface area contributed by atoms with Gasteiger partial charge in [-0.3, -0.25) is 14.9 Å². The van der Waals surface area contributed by atoms with Gasteiger partial charge in [0.05, 0.1) is 9.79 Å². The lowest BCUT2D eigenvalue weighted by Gasteiger charge is -2.19. The van der Waals surface area contributed by atoms with Crippen molar-refractivity contribution in [2.75, 3.05) is 5.32 Å². The zero-order valence-electron chi connectivity index (χ0n) is 15.9. The number of carbonyl (C=O) groups excluding carboxylic acids is 2. The van der Waals surface area contributed by atoms with Gasteiger partial charge in [0.15, 0.2) is 5.78 Å². The van der Waals surface area contributed by atoms with Crippen LogP contribution in [0.15, 0.2) is 64.6 Å². The number of fused-ring (bicyclic) bond motifs is 2. The second-order valence-electron chi connectivity index (χ2n) is 7.29. The minimum absolute atomic E-state index is 0.0393. The monoisotopic (exact) mass is 409 g/mol. The maximum absolute atomic E-state index is 13.0. The van der Waals surface area contributed by atoms with Crippen molar-refractivity contribution < 1.29 is 18.0 Å². The zero-order chi connectivity index (χ0) is 20.8. The van der Waals surface area contributed by atoms with Crippen LogP contribution in [-0.2, 0) is 16.4 Å².